The Morgan fingerprint density at radius 2 is 1.60 bits per heavy atom. The topological polar surface area (TPSA) is 46.5 Å². The van der Waals surface area contributed by atoms with Crippen molar-refractivity contribution in [2.75, 3.05) is 13.2 Å². The second kappa shape index (κ2) is 15.8. The Kier molecular flexibility index (Phi) is 25.5. The molecule has 0 rings (SSSR count). The van der Waals surface area contributed by atoms with E-state index in [0.29, 0.717) is 0 Å². The fourth-order valence-corrected chi connectivity index (χ4v) is 0.204. The molecule has 0 aromatic heterocycles. The second-order valence-electron chi connectivity index (χ2n) is 1.30. The van der Waals surface area contributed by atoms with E-state index in [2.05, 4.69) is 0 Å². The van der Waals surface area contributed by atoms with Crippen LogP contribution in [0.3, 0.4) is 0 Å². The molecule has 0 spiro atoms. The first-order valence-electron chi connectivity index (χ1n) is 2.92. The van der Waals surface area contributed by atoms with E-state index in [-0.39, 0.29) is 4.70 Å². The number of hydrogen-bond donors (Lipinski definition) is 1. The Balaban J connectivity index is -0.0000000910. The molecule has 10 heavy (non-hydrogen) atoms. The smallest absolute Gasteiger partial charge is 0.300 e. The fraction of sp³-hybridized carbons (Fsp3) is 0.833. The average Bonchev–Trinajstić information content (AvgIpc) is 1.66. The number of aliphatic carboxylic acids is 1. The Morgan fingerprint density at radius 3 is 1.60 bits per heavy atom. The molecule has 0 heterocycles. The van der Waals surface area contributed by atoms with Gasteiger partial charge in [-0.25, -0.2) is 0 Å². The van der Waals surface area contributed by atoms with Crippen molar-refractivity contribution in [1.82, 2.24) is 0 Å². The number of carbonyl (C=O) groups is 1. The van der Waals surface area contributed by atoms with Gasteiger partial charge in [0.2, 0.25) is 0 Å². The van der Waals surface area contributed by atoms with Crippen molar-refractivity contribution in [2.45, 2.75) is 20.8 Å². The molecular weight excluding hydrogens is 139 g/mol. The summed E-state index contributed by atoms with van der Waals surface area (Å²) in [5.74, 6) is -0.833. The van der Waals surface area contributed by atoms with Crippen LogP contribution in [0.5, 0.6) is 0 Å². The molecule has 0 aliphatic rings. The Morgan fingerprint density at radius 1 is 1.40 bits per heavy atom. The summed E-state index contributed by atoms with van der Waals surface area (Å²) >= 11 is 0. The van der Waals surface area contributed by atoms with E-state index in [0.717, 1.165) is 20.1 Å². The van der Waals surface area contributed by atoms with E-state index in [1.54, 1.807) is 0 Å². The Bertz CT molecular complexity index is 60.0. The standard InChI is InChI=1S/C4H10O.C2H4O2.FH/c1-3-5-4-2;1-2(3)4;/h3-4H2,1-2H3;1H3,(H,3,4);1H. The van der Waals surface area contributed by atoms with Gasteiger partial charge in [0.1, 0.15) is 0 Å². The van der Waals surface area contributed by atoms with E-state index < -0.39 is 5.97 Å². The molecule has 0 radical (unpaired) electrons. The third kappa shape index (κ3) is 161. The molecule has 0 aromatic carbocycles. The number of halogens is 1. The van der Waals surface area contributed by atoms with Crippen LogP contribution < -0.4 is 0 Å². The zero-order valence-electron chi connectivity index (χ0n) is 6.59. The van der Waals surface area contributed by atoms with Gasteiger partial charge in [0.15, 0.2) is 0 Å². The maximum absolute atomic E-state index is 9.00. The van der Waals surface area contributed by atoms with E-state index in [1.165, 1.54) is 0 Å². The van der Waals surface area contributed by atoms with Crippen molar-refractivity contribution >= 4 is 5.97 Å². The second-order valence-corrected chi connectivity index (χ2v) is 1.30. The predicted molar refractivity (Wildman–Crippen MR) is 38.0 cm³/mol. The van der Waals surface area contributed by atoms with Crippen molar-refractivity contribution in [3.8, 4) is 0 Å². The van der Waals surface area contributed by atoms with Crippen LogP contribution in [0.25, 0.3) is 0 Å². The molecule has 4 heteroatoms. The average molecular weight is 154 g/mol. The van der Waals surface area contributed by atoms with Crippen LogP contribution >= 0.6 is 0 Å². The van der Waals surface area contributed by atoms with Gasteiger partial charge in [-0.1, -0.05) is 0 Å². The van der Waals surface area contributed by atoms with Gasteiger partial charge >= 0.3 is 0 Å². The van der Waals surface area contributed by atoms with Gasteiger partial charge in [0, 0.05) is 20.1 Å². The molecule has 0 aliphatic heterocycles. The summed E-state index contributed by atoms with van der Waals surface area (Å²) in [6.45, 7) is 6.75. The number of carboxylic acids is 1. The van der Waals surface area contributed by atoms with Crippen molar-refractivity contribution in [2.24, 2.45) is 0 Å². The first kappa shape index (κ1) is 16.2. The summed E-state index contributed by atoms with van der Waals surface area (Å²) in [7, 11) is 0. The summed E-state index contributed by atoms with van der Waals surface area (Å²) in [6, 6.07) is 0. The molecule has 3 nitrogen and oxygen atoms in total. The normalized spacial score (nSPS) is 6.70. The van der Waals surface area contributed by atoms with Crippen LogP contribution in [0, 0.1) is 0 Å². The van der Waals surface area contributed by atoms with Crippen LogP contribution in [-0.4, -0.2) is 24.3 Å². The van der Waals surface area contributed by atoms with Gasteiger partial charge in [0.25, 0.3) is 5.97 Å². The minimum absolute atomic E-state index is 0. The van der Waals surface area contributed by atoms with Gasteiger partial charge < -0.3 is 9.84 Å². The first-order chi connectivity index (χ1) is 4.15. The van der Waals surface area contributed by atoms with E-state index in [4.69, 9.17) is 14.6 Å². The largest absolute Gasteiger partial charge is 0.481 e. The van der Waals surface area contributed by atoms with Crippen LogP contribution in [0.15, 0.2) is 0 Å². The fourth-order valence-electron chi connectivity index (χ4n) is 0.204. The maximum Gasteiger partial charge on any atom is 0.300 e. The molecule has 0 fully saturated rings. The third-order valence-corrected chi connectivity index (χ3v) is 0.408. The zero-order valence-corrected chi connectivity index (χ0v) is 6.59. The summed E-state index contributed by atoms with van der Waals surface area (Å²) in [5.41, 5.74) is 0. The minimum Gasteiger partial charge on any atom is -0.481 e. The minimum atomic E-state index is -0.833. The van der Waals surface area contributed by atoms with Crippen LogP contribution in [0.1, 0.15) is 20.8 Å². The van der Waals surface area contributed by atoms with Gasteiger partial charge in [-0.2, -0.15) is 0 Å². The number of rotatable bonds is 2. The lowest BCUT2D eigenvalue weighted by Crippen LogP contribution is -1.84. The molecular formula is C6H15FO3. The number of ether oxygens (including phenoxy) is 1. The molecule has 64 valence electrons. The summed E-state index contributed by atoms with van der Waals surface area (Å²) in [4.78, 5) is 9.00. The highest BCUT2D eigenvalue weighted by Crippen LogP contribution is 1.64. The Labute approximate surface area is 60.4 Å². The molecule has 0 unspecified atom stereocenters. The van der Waals surface area contributed by atoms with Crippen molar-refractivity contribution in [1.29, 1.82) is 0 Å². The number of hydrogen-bond acceptors (Lipinski definition) is 2. The monoisotopic (exact) mass is 154 g/mol. The summed E-state index contributed by atoms with van der Waals surface area (Å²) in [5, 5.41) is 7.42. The SMILES string of the molecule is CC(=O)O.CCOCC.F. The quantitative estimate of drug-likeness (QED) is 0.651. The molecule has 1 N–H and O–H groups in total. The predicted octanol–water partition coefficient (Wildman–Crippen LogP) is 1.29. The molecule has 0 atom stereocenters. The van der Waals surface area contributed by atoms with Crippen molar-refractivity contribution in [3.05, 3.63) is 0 Å². The van der Waals surface area contributed by atoms with Gasteiger partial charge in [-0.3, -0.25) is 9.50 Å². The molecule has 0 aliphatic carbocycles. The molecule has 0 saturated heterocycles. The van der Waals surface area contributed by atoms with E-state index in [9.17, 15) is 0 Å². The van der Waals surface area contributed by atoms with Crippen LogP contribution in [0.4, 0.5) is 4.70 Å². The highest BCUT2D eigenvalue weighted by atomic mass is 19.0. The van der Waals surface area contributed by atoms with Crippen LogP contribution in [-0.2, 0) is 9.53 Å². The highest BCUT2D eigenvalue weighted by Gasteiger charge is 1.65. The van der Waals surface area contributed by atoms with Crippen molar-refractivity contribution < 1.29 is 19.3 Å². The van der Waals surface area contributed by atoms with Gasteiger partial charge in [0.05, 0.1) is 0 Å². The molecule has 0 saturated carbocycles. The van der Waals surface area contributed by atoms with E-state index >= 15 is 0 Å². The lowest BCUT2D eigenvalue weighted by atomic mass is 10.8. The lowest BCUT2D eigenvalue weighted by molar-refractivity contribution is -0.134. The first-order valence-corrected chi connectivity index (χ1v) is 2.92. The summed E-state index contributed by atoms with van der Waals surface area (Å²) < 4.78 is 4.83. The third-order valence-electron chi connectivity index (χ3n) is 0.408. The maximum atomic E-state index is 9.00. The molecule has 0 aromatic rings. The lowest BCUT2D eigenvalue weighted by Gasteiger charge is -1.86. The Hall–Kier alpha value is -0.640. The highest BCUT2D eigenvalue weighted by molar-refractivity contribution is 5.62. The molecule has 0 bridgehead atoms. The number of carboxylic acid groups (broad SMARTS) is 1. The van der Waals surface area contributed by atoms with Gasteiger partial charge in [-0.05, 0) is 13.8 Å². The van der Waals surface area contributed by atoms with Gasteiger partial charge in [-0.15, -0.1) is 0 Å². The molecule has 0 amide bonds. The summed E-state index contributed by atoms with van der Waals surface area (Å²) in [6.07, 6.45) is 0. The zero-order chi connectivity index (χ0) is 7.70. The van der Waals surface area contributed by atoms with E-state index in [1.807, 2.05) is 13.8 Å². The van der Waals surface area contributed by atoms with Crippen molar-refractivity contribution in [3.63, 3.8) is 0 Å². The van der Waals surface area contributed by atoms with Crippen LogP contribution in [0.2, 0.25) is 0 Å².